The number of rotatable bonds is 4. The van der Waals surface area contributed by atoms with Gasteiger partial charge in [0.05, 0.1) is 5.69 Å². The lowest BCUT2D eigenvalue weighted by Crippen LogP contribution is -2.29. The molecule has 0 saturated heterocycles. The molecule has 2 atom stereocenters. The van der Waals surface area contributed by atoms with Crippen molar-refractivity contribution in [2.75, 3.05) is 7.05 Å². The van der Waals surface area contributed by atoms with Crippen LogP contribution in [0, 0.1) is 0 Å². The van der Waals surface area contributed by atoms with E-state index in [-0.39, 0.29) is 0 Å². The molecular formula is C11H17N5. The van der Waals surface area contributed by atoms with Crippen LogP contribution in [-0.4, -0.2) is 32.7 Å². The third-order valence-corrected chi connectivity index (χ3v) is 3.09. The van der Waals surface area contributed by atoms with E-state index in [4.69, 9.17) is 0 Å². The molecular weight excluding hydrogens is 202 g/mol. The Morgan fingerprint density at radius 2 is 2.31 bits per heavy atom. The zero-order chi connectivity index (χ0) is 11.5. The summed E-state index contributed by atoms with van der Waals surface area (Å²) in [4.78, 5) is 4.46. The van der Waals surface area contributed by atoms with Gasteiger partial charge >= 0.3 is 0 Å². The van der Waals surface area contributed by atoms with Crippen LogP contribution >= 0.6 is 0 Å². The SMILES string of the molecule is CCC(c1nccn2cnnc12)C(C)NC. The van der Waals surface area contributed by atoms with Gasteiger partial charge in [0.25, 0.3) is 0 Å². The topological polar surface area (TPSA) is 55.1 Å². The fraction of sp³-hybridized carbons (Fsp3) is 0.545. The number of fused-ring (bicyclic) bond motifs is 1. The molecule has 0 radical (unpaired) electrons. The molecule has 5 heteroatoms. The first-order valence-electron chi connectivity index (χ1n) is 5.59. The lowest BCUT2D eigenvalue weighted by atomic mass is 9.94. The monoisotopic (exact) mass is 219 g/mol. The second kappa shape index (κ2) is 4.57. The van der Waals surface area contributed by atoms with Gasteiger partial charge in [0.1, 0.15) is 6.33 Å². The molecule has 86 valence electrons. The molecule has 0 saturated carbocycles. The largest absolute Gasteiger partial charge is 0.317 e. The molecule has 2 aromatic rings. The summed E-state index contributed by atoms with van der Waals surface area (Å²) in [5.74, 6) is 0.359. The Bertz CT molecular complexity index is 464. The molecule has 5 nitrogen and oxygen atoms in total. The molecule has 0 amide bonds. The van der Waals surface area contributed by atoms with Crippen LogP contribution in [0.25, 0.3) is 5.65 Å². The maximum Gasteiger partial charge on any atom is 0.182 e. The van der Waals surface area contributed by atoms with Crippen molar-refractivity contribution in [1.82, 2.24) is 24.9 Å². The van der Waals surface area contributed by atoms with Gasteiger partial charge in [0.15, 0.2) is 5.65 Å². The molecule has 0 spiro atoms. The summed E-state index contributed by atoms with van der Waals surface area (Å²) in [6.45, 7) is 4.33. The molecule has 0 aliphatic rings. The maximum atomic E-state index is 4.46. The molecule has 2 aromatic heterocycles. The van der Waals surface area contributed by atoms with Crippen molar-refractivity contribution in [3.8, 4) is 0 Å². The molecule has 0 aliphatic heterocycles. The number of nitrogens with zero attached hydrogens (tertiary/aromatic N) is 4. The summed E-state index contributed by atoms with van der Waals surface area (Å²) in [5, 5.41) is 11.3. The molecule has 0 fully saturated rings. The van der Waals surface area contributed by atoms with Crippen molar-refractivity contribution in [3.05, 3.63) is 24.4 Å². The summed E-state index contributed by atoms with van der Waals surface area (Å²) in [5.41, 5.74) is 1.88. The summed E-state index contributed by atoms with van der Waals surface area (Å²) >= 11 is 0. The van der Waals surface area contributed by atoms with E-state index in [1.54, 1.807) is 12.5 Å². The minimum atomic E-state index is 0.359. The first-order chi connectivity index (χ1) is 7.77. The van der Waals surface area contributed by atoms with Gasteiger partial charge in [-0.2, -0.15) is 0 Å². The van der Waals surface area contributed by atoms with Crippen LogP contribution in [0.2, 0.25) is 0 Å². The van der Waals surface area contributed by atoms with Crippen LogP contribution in [0.1, 0.15) is 31.9 Å². The molecule has 1 N–H and O–H groups in total. The highest BCUT2D eigenvalue weighted by Gasteiger charge is 2.20. The summed E-state index contributed by atoms with van der Waals surface area (Å²) < 4.78 is 1.91. The Morgan fingerprint density at radius 1 is 1.50 bits per heavy atom. The molecule has 0 aromatic carbocycles. The van der Waals surface area contributed by atoms with Crippen molar-refractivity contribution in [2.24, 2.45) is 0 Å². The van der Waals surface area contributed by atoms with Gasteiger partial charge in [0, 0.05) is 24.4 Å². The van der Waals surface area contributed by atoms with Crippen molar-refractivity contribution in [3.63, 3.8) is 0 Å². The predicted molar refractivity (Wildman–Crippen MR) is 62.3 cm³/mol. The van der Waals surface area contributed by atoms with Crippen molar-refractivity contribution in [2.45, 2.75) is 32.2 Å². The summed E-state index contributed by atoms with van der Waals surface area (Å²) in [6, 6.07) is 0.375. The average molecular weight is 219 g/mol. The number of hydrogen-bond acceptors (Lipinski definition) is 4. The van der Waals surface area contributed by atoms with Gasteiger partial charge in [-0.25, -0.2) is 0 Å². The molecule has 0 bridgehead atoms. The van der Waals surface area contributed by atoms with Crippen LogP contribution in [0.15, 0.2) is 18.7 Å². The van der Waals surface area contributed by atoms with Crippen molar-refractivity contribution >= 4 is 5.65 Å². The second-order valence-electron chi connectivity index (χ2n) is 3.97. The lowest BCUT2D eigenvalue weighted by Gasteiger charge is -2.21. The van der Waals surface area contributed by atoms with Crippen LogP contribution < -0.4 is 5.32 Å². The minimum absolute atomic E-state index is 0.359. The van der Waals surface area contributed by atoms with E-state index >= 15 is 0 Å². The van der Waals surface area contributed by atoms with E-state index in [9.17, 15) is 0 Å². The maximum absolute atomic E-state index is 4.46. The Morgan fingerprint density at radius 3 is 3.00 bits per heavy atom. The molecule has 16 heavy (non-hydrogen) atoms. The van der Waals surface area contributed by atoms with Gasteiger partial charge in [-0.1, -0.05) is 6.92 Å². The van der Waals surface area contributed by atoms with Crippen LogP contribution in [-0.2, 0) is 0 Å². The zero-order valence-corrected chi connectivity index (χ0v) is 9.88. The highest BCUT2D eigenvalue weighted by Crippen LogP contribution is 2.23. The van der Waals surface area contributed by atoms with Gasteiger partial charge in [-0.05, 0) is 20.4 Å². The number of nitrogens with one attached hydrogen (secondary N) is 1. The number of likely N-dealkylation sites (N-methyl/N-ethyl adjacent to an activating group) is 1. The second-order valence-corrected chi connectivity index (χ2v) is 3.97. The van der Waals surface area contributed by atoms with E-state index in [1.807, 2.05) is 17.6 Å². The fourth-order valence-corrected chi connectivity index (χ4v) is 2.02. The number of hydrogen-bond donors (Lipinski definition) is 1. The quantitative estimate of drug-likeness (QED) is 0.840. The zero-order valence-electron chi connectivity index (χ0n) is 9.88. The smallest absolute Gasteiger partial charge is 0.182 e. The van der Waals surface area contributed by atoms with Gasteiger partial charge < -0.3 is 5.32 Å². The fourth-order valence-electron chi connectivity index (χ4n) is 2.02. The minimum Gasteiger partial charge on any atom is -0.317 e. The summed E-state index contributed by atoms with van der Waals surface area (Å²) in [6.07, 6.45) is 6.41. The van der Waals surface area contributed by atoms with Gasteiger partial charge in [-0.3, -0.25) is 9.38 Å². The van der Waals surface area contributed by atoms with Gasteiger partial charge in [-0.15, -0.1) is 10.2 Å². The van der Waals surface area contributed by atoms with Crippen LogP contribution in [0.4, 0.5) is 0 Å². The average Bonchev–Trinajstić information content (AvgIpc) is 2.78. The highest BCUT2D eigenvalue weighted by molar-refractivity contribution is 5.44. The third kappa shape index (κ3) is 1.78. The number of aromatic nitrogens is 4. The lowest BCUT2D eigenvalue weighted by molar-refractivity contribution is 0.475. The first-order valence-corrected chi connectivity index (χ1v) is 5.59. The highest BCUT2D eigenvalue weighted by atomic mass is 15.2. The Balaban J connectivity index is 2.48. The van der Waals surface area contributed by atoms with E-state index < -0.39 is 0 Å². The van der Waals surface area contributed by atoms with Gasteiger partial charge in [0.2, 0.25) is 0 Å². The normalized spacial score (nSPS) is 15.2. The van der Waals surface area contributed by atoms with Crippen molar-refractivity contribution < 1.29 is 0 Å². The molecule has 2 rings (SSSR count). The third-order valence-electron chi connectivity index (χ3n) is 3.09. The molecule has 2 heterocycles. The summed E-state index contributed by atoms with van der Waals surface area (Å²) in [7, 11) is 1.97. The van der Waals surface area contributed by atoms with Crippen LogP contribution in [0.3, 0.4) is 0 Å². The van der Waals surface area contributed by atoms with E-state index in [0.29, 0.717) is 12.0 Å². The Hall–Kier alpha value is -1.49. The first kappa shape index (κ1) is 11.0. The Kier molecular flexibility index (Phi) is 3.14. The molecule has 0 aliphatic carbocycles. The van der Waals surface area contributed by atoms with E-state index in [1.165, 1.54) is 0 Å². The predicted octanol–water partition coefficient (Wildman–Crippen LogP) is 1.23. The van der Waals surface area contributed by atoms with E-state index in [2.05, 4.69) is 34.3 Å². The van der Waals surface area contributed by atoms with E-state index in [0.717, 1.165) is 17.8 Å². The standard InChI is InChI=1S/C11H17N5/c1-4-9(8(2)12-3)10-11-15-14-7-16(11)6-5-13-10/h5-9,12H,4H2,1-3H3. The van der Waals surface area contributed by atoms with Crippen molar-refractivity contribution in [1.29, 1.82) is 0 Å². The van der Waals surface area contributed by atoms with Crippen LogP contribution in [0.5, 0.6) is 0 Å². The Labute approximate surface area is 94.9 Å². The molecule has 2 unspecified atom stereocenters.